The number of hydrogen-bond acceptors (Lipinski definition) is 6. The minimum Gasteiger partial charge on any atom is -0.486 e. The van der Waals surface area contributed by atoms with E-state index in [2.05, 4.69) is 5.32 Å². The Morgan fingerprint density at radius 2 is 1.56 bits per heavy atom. The predicted octanol–water partition coefficient (Wildman–Crippen LogP) is 4.29. The monoisotopic (exact) mass is 579 g/mol. The van der Waals surface area contributed by atoms with E-state index in [0.717, 1.165) is 15.4 Å². The summed E-state index contributed by atoms with van der Waals surface area (Å²) < 4.78 is 40.3. The van der Waals surface area contributed by atoms with E-state index >= 15 is 0 Å². The van der Waals surface area contributed by atoms with Crippen molar-refractivity contribution in [3.05, 3.63) is 83.9 Å². The summed E-state index contributed by atoms with van der Waals surface area (Å²) in [5.74, 6) is 0.0204. The smallest absolute Gasteiger partial charge is 0.264 e. The SMILES string of the molecule is Cc1ccc(CN(C(=O)CN(c2ccc3c(c2)OCCO3)S(=O)(=O)c2ccccc2)[C@@H](C)C(=O)NC(C)(C)C)cc1. The van der Waals surface area contributed by atoms with E-state index in [1.54, 1.807) is 43.3 Å². The van der Waals surface area contributed by atoms with Crippen molar-refractivity contribution < 1.29 is 27.5 Å². The minimum atomic E-state index is -4.17. The van der Waals surface area contributed by atoms with Gasteiger partial charge in [0.2, 0.25) is 11.8 Å². The summed E-state index contributed by atoms with van der Waals surface area (Å²) in [6, 6.07) is 19.5. The highest BCUT2D eigenvalue weighted by molar-refractivity contribution is 7.92. The van der Waals surface area contributed by atoms with E-state index in [-0.39, 0.29) is 23.0 Å². The fourth-order valence-corrected chi connectivity index (χ4v) is 5.81. The first-order chi connectivity index (χ1) is 19.3. The van der Waals surface area contributed by atoms with Crippen LogP contribution in [0.3, 0.4) is 0 Å². The number of fused-ring (bicyclic) bond motifs is 1. The van der Waals surface area contributed by atoms with E-state index in [9.17, 15) is 18.0 Å². The lowest BCUT2D eigenvalue weighted by Gasteiger charge is -2.33. The van der Waals surface area contributed by atoms with Crippen molar-refractivity contribution >= 4 is 27.5 Å². The molecule has 0 unspecified atom stereocenters. The van der Waals surface area contributed by atoms with Gasteiger partial charge in [-0.05, 0) is 64.4 Å². The van der Waals surface area contributed by atoms with Gasteiger partial charge in [-0.2, -0.15) is 0 Å². The topological polar surface area (TPSA) is 105 Å². The summed E-state index contributed by atoms with van der Waals surface area (Å²) in [6.07, 6.45) is 0. The number of aryl methyl sites for hydroxylation is 1. The van der Waals surface area contributed by atoms with E-state index in [4.69, 9.17) is 9.47 Å². The molecule has 10 heteroatoms. The summed E-state index contributed by atoms with van der Waals surface area (Å²) in [7, 11) is -4.17. The maximum Gasteiger partial charge on any atom is 0.264 e. The lowest BCUT2D eigenvalue weighted by Crippen LogP contribution is -2.54. The summed E-state index contributed by atoms with van der Waals surface area (Å²) in [6.45, 7) is 9.50. The Kier molecular flexibility index (Phi) is 8.92. The second-order valence-electron chi connectivity index (χ2n) is 11.1. The Bertz CT molecular complexity index is 1480. The van der Waals surface area contributed by atoms with Gasteiger partial charge in [-0.25, -0.2) is 8.42 Å². The van der Waals surface area contributed by atoms with Crippen molar-refractivity contribution in [3.8, 4) is 11.5 Å². The number of nitrogens with zero attached hydrogens (tertiary/aromatic N) is 2. The molecule has 0 aliphatic carbocycles. The van der Waals surface area contributed by atoms with Crippen LogP contribution in [0.25, 0.3) is 0 Å². The number of ether oxygens (including phenoxy) is 2. The second kappa shape index (κ2) is 12.2. The highest BCUT2D eigenvalue weighted by Gasteiger charge is 2.34. The van der Waals surface area contributed by atoms with Gasteiger partial charge in [0.1, 0.15) is 25.8 Å². The molecule has 1 aliphatic heterocycles. The third-order valence-electron chi connectivity index (χ3n) is 6.56. The number of anilines is 1. The lowest BCUT2D eigenvalue weighted by molar-refractivity contribution is -0.140. The van der Waals surface area contributed by atoms with E-state index < -0.39 is 34.1 Å². The van der Waals surface area contributed by atoms with Crippen LogP contribution in [0.1, 0.15) is 38.8 Å². The van der Waals surface area contributed by atoms with Crippen molar-refractivity contribution in [1.82, 2.24) is 10.2 Å². The number of benzene rings is 3. The summed E-state index contributed by atoms with van der Waals surface area (Å²) in [5.41, 5.74) is 1.60. The fourth-order valence-electron chi connectivity index (χ4n) is 4.38. The van der Waals surface area contributed by atoms with Crippen LogP contribution in [0.5, 0.6) is 11.5 Å². The molecule has 0 spiro atoms. The average molecular weight is 580 g/mol. The van der Waals surface area contributed by atoms with Crippen molar-refractivity contribution in [2.75, 3.05) is 24.1 Å². The molecule has 1 atom stereocenters. The van der Waals surface area contributed by atoms with Crippen LogP contribution in [-0.4, -0.2) is 56.5 Å². The number of carbonyl (C=O) groups is 2. The van der Waals surface area contributed by atoms with Gasteiger partial charge in [0, 0.05) is 18.2 Å². The van der Waals surface area contributed by atoms with Crippen LogP contribution in [-0.2, 0) is 26.2 Å². The normalized spacial score (nSPS) is 13.7. The summed E-state index contributed by atoms with van der Waals surface area (Å²) >= 11 is 0. The van der Waals surface area contributed by atoms with Gasteiger partial charge in [0.05, 0.1) is 10.6 Å². The molecule has 3 aromatic carbocycles. The summed E-state index contributed by atoms with van der Waals surface area (Å²) in [5, 5.41) is 2.93. The molecule has 0 saturated carbocycles. The Labute approximate surface area is 242 Å². The Balaban J connectivity index is 1.73. The predicted molar refractivity (Wildman–Crippen MR) is 157 cm³/mol. The molecule has 41 heavy (non-hydrogen) atoms. The van der Waals surface area contributed by atoms with Crippen LogP contribution in [0.15, 0.2) is 77.7 Å². The van der Waals surface area contributed by atoms with Crippen molar-refractivity contribution in [1.29, 1.82) is 0 Å². The van der Waals surface area contributed by atoms with Gasteiger partial charge in [0.15, 0.2) is 11.5 Å². The highest BCUT2D eigenvalue weighted by atomic mass is 32.2. The summed E-state index contributed by atoms with van der Waals surface area (Å²) in [4.78, 5) is 28.7. The molecule has 1 heterocycles. The molecular weight excluding hydrogens is 542 g/mol. The van der Waals surface area contributed by atoms with E-state index in [1.807, 2.05) is 52.0 Å². The first-order valence-electron chi connectivity index (χ1n) is 13.5. The molecule has 0 saturated heterocycles. The van der Waals surface area contributed by atoms with Gasteiger partial charge in [-0.1, -0.05) is 48.0 Å². The number of amides is 2. The number of carbonyl (C=O) groups excluding carboxylic acids is 2. The van der Waals surface area contributed by atoms with Gasteiger partial charge < -0.3 is 19.7 Å². The first kappa shape index (κ1) is 29.9. The molecule has 0 aromatic heterocycles. The molecule has 4 rings (SSSR count). The Morgan fingerprint density at radius 1 is 0.927 bits per heavy atom. The average Bonchev–Trinajstić information content (AvgIpc) is 2.94. The number of hydrogen-bond donors (Lipinski definition) is 1. The largest absolute Gasteiger partial charge is 0.486 e. The van der Waals surface area contributed by atoms with Crippen molar-refractivity contribution in [2.45, 2.75) is 57.6 Å². The molecule has 0 bridgehead atoms. The lowest BCUT2D eigenvalue weighted by atomic mass is 10.1. The van der Waals surface area contributed by atoms with Crippen LogP contribution >= 0.6 is 0 Å². The third-order valence-corrected chi connectivity index (χ3v) is 8.35. The Morgan fingerprint density at radius 3 is 2.20 bits per heavy atom. The fraction of sp³-hybridized carbons (Fsp3) is 0.355. The van der Waals surface area contributed by atoms with Crippen molar-refractivity contribution in [3.63, 3.8) is 0 Å². The van der Waals surface area contributed by atoms with Gasteiger partial charge in [-0.15, -0.1) is 0 Å². The number of sulfonamides is 1. The van der Waals surface area contributed by atoms with Gasteiger partial charge in [-0.3, -0.25) is 13.9 Å². The van der Waals surface area contributed by atoms with Gasteiger partial charge >= 0.3 is 0 Å². The standard InChI is InChI=1S/C31H37N3O6S/c1-22-11-13-24(14-12-22)20-33(23(2)30(36)32-31(3,4)5)29(35)21-34(41(37,38)26-9-7-6-8-10-26)25-15-16-27-28(19-25)40-18-17-39-27/h6-16,19,23H,17-18,20-21H2,1-5H3,(H,32,36)/t23-/m0/s1. The zero-order chi connectivity index (χ0) is 29.8. The second-order valence-corrected chi connectivity index (χ2v) is 12.9. The molecule has 218 valence electrons. The maximum absolute atomic E-state index is 14.1. The minimum absolute atomic E-state index is 0.0336. The molecule has 1 N–H and O–H groups in total. The molecule has 0 fully saturated rings. The molecular formula is C31H37N3O6S. The van der Waals surface area contributed by atoms with E-state index in [0.29, 0.717) is 24.7 Å². The van der Waals surface area contributed by atoms with E-state index in [1.165, 1.54) is 17.0 Å². The highest BCUT2D eigenvalue weighted by Crippen LogP contribution is 2.36. The zero-order valence-corrected chi connectivity index (χ0v) is 24.9. The van der Waals surface area contributed by atoms with Crippen LogP contribution in [0.4, 0.5) is 5.69 Å². The number of nitrogens with one attached hydrogen (secondary N) is 1. The maximum atomic E-state index is 14.1. The van der Waals surface area contributed by atoms with Crippen LogP contribution in [0, 0.1) is 6.92 Å². The molecule has 0 radical (unpaired) electrons. The van der Waals surface area contributed by atoms with Crippen molar-refractivity contribution in [2.24, 2.45) is 0 Å². The Hall–Kier alpha value is -4.05. The third kappa shape index (κ3) is 7.38. The van der Waals surface area contributed by atoms with Crippen LogP contribution in [0.2, 0.25) is 0 Å². The molecule has 2 amide bonds. The first-order valence-corrected chi connectivity index (χ1v) is 14.9. The van der Waals surface area contributed by atoms with Gasteiger partial charge in [0.25, 0.3) is 10.0 Å². The quantitative estimate of drug-likeness (QED) is 0.406. The number of rotatable bonds is 9. The molecule has 9 nitrogen and oxygen atoms in total. The molecule has 1 aliphatic rings. The zero-order valence-electron chi connectivity index (χ0n) is 24.1. The van der Waals surface area contributed by atoms with Crippen LogP contribution < -0.4 is 19.1 Å². The molecule has 3 aromatic rings.